The minimum absolute atomic E-state index is 0.647. The Bertz CT molecular complexity index is 158. The second-order valence-corrected chi connectivity index (χ2v) is 3.27. The summed E-state index contributed by atoms with van der Waals surface area (Å²) in [5, 5.41) is 1.93. The summed E-state index contributed by atoms with van der Waals surface area (Å²) < 4.78 is 27.8. The first-order chi connectivity index (χ1) is 5.31. The van der Waals surface area contributed by atoms with E-state index in [1.165, 1.54) is 0 Å². The Labute approximate surface area is 70.6 Å². The van der Waals surface area contributed by atoms with Crippen molar-refractivity contribution in [1.82, 2.24) is 5.32 Å². The summed E-state index contributed by atoms with van der Waals surface area (Å²) in [5.41, 5.74) is -0.647. The maximum atomic E-state index is 11.6. The number of hydrogen-bond donors (Lipinski definition) is 1. The first-order valence-corrected chi connectivity index (χ1v) is 3.56. The van der Waals surface area contributed by atoms with Crippen LogP contribution in [0.3, 0.4) is 0 Å². The lowest BCUT2D eigenvalue weighted by atomic mass is 10.0. The molecule has 0 bridgehead atoms. The number of ether oxygens (including phenoxy) is 1. The van der Waals surface area contributed by atoms with E-state index in [9.17, 15) is 13.4 Å². The molecule has 70 valence electrons. The van der Waals surface area contributed by atoms with Crippen molar-refractivity contribution in [2.24, 2.45) is 0 Å². The predicted octanol–water partition coefficient (Wildman–Crippen LogP) is 1.48. The number of rotatable bonds is 2. The van der Waals surface area contributed by atoms with E-state index in [1.807, 2.05) is 5.32 Å². The van der Waals surface area contributed by atoms with Crippen molar-refractivity contribution in [3.63, 3.8) is 0 Å². The number of halogens is 2. The summed E-state index contributed by atoms with van der Waals surface area (Å²) in [7, 11) is -2.54. The zero-order chi connectivity index (χ0) is 9.78. The molecule has 0 fully saturated rings. The van der Waals surface area contributed by atoms with Gasteiger partial charge in [-0.25, -0.2) is 4.79 Å². The molecule has 0 aliphatic heterocycles. The van der Waals surface area contributed by atoms with Crippen LogP contribution in [-0.2, 0) is 4.74 Å². The summed E-state index contributed by atoms with van der Waals surface area (Å²) in [6, 6.07) is 0. The summed E-state index contributed by atoms with van der Waals surface area (Å²) in [4.78, 5) is 10.7. The maximum Gasteiger partial charge on any atom is 0.557 e. The highest BCUT2D eigenvalue weighted by atomic mass is 19.2. The van der Waals surface area contributed by atoms with Gasteiger partial charge in [0.15, 0.2) is 0 Å². The lowest BCUT2D eigenvalue weighted by molar-refractivity contribution is 0.0534. The smallest absolute Gasteiger partial charge is 0.444 e. The molecule has 1 N–H and O–H groups in total. The van der Waals surface area contributed by atoms with Crippen LogP contribution in [0.4, 0.5) is 13.4 Å². The molecule has 0 aromatic carbocycles. The lowest BCUT2D eigenvalue weighted by Gasteiger charge is -2.19. The average molecular weight is 179 g/mol. The molecule has 0 rings (SSSR count). The number of hydrogen-bond acceptors (Lipinski definition) is 2. The van der Waals surface area contributed by atoms with E-state index in [0.717, 1.165) is 0 Å². The summed E-state index contributed by atoms with van der Waals surface area (Å²) in [6.45, 7) is 4.98. The van der Waals surface area contributed by atoms with Crippen LogP contribution in [-0.4, -0.2) is 25.4 Å². The largest absolute Gasteiger partial charge is 0.557 e. The fourth-order valence-corrected chi connectivity index (χ4v) is 0.475. The Balaban J connectivity index is 3.61. The Morgan fingerprint density at radius 1 is 1.50 bits per heavy atom. The Morgan fingerprint density at radius 3 is 2.33 bits per heavy atom. The van der Waals surface area contributed by atoms with Crippen molar-refractivity contribution in [2.75, 3.05) is 6.44 Å². The van der Waals surface area contributed by atoms with E-state index in [0.29, 0.717) is 0 Å². The van der Waals surface area contributed by atoms with Crippen LogP contribution in [0.2, 0.25) is 0 Å². The van der Waals surface area contributed by atoms with E-state index < -0.39 is 25.4 Å². The molecule has 6 heteroatoms. The normalized spacial score (nSPS) is 10.8. The van der Waals surface area contributed by atoms with Crippen LogP contribution < -0.4 is 5.32 Å². The average Bonchev–Trinajstić information content (AvgIpc) is 1.79. The first-order valence-electron chi connectivity index (χ1n) is 3.56. The van der Waals surface area contributed by atoms with Gasteiger partial charge in [-0.15, -0.1) is 0 Å². The molecule has 0 radical (unpaired) electrons. The topological polar surface area (TPSA) is 38.3 Å². The third-order valence-electron chi connectivity index (χ3n) is 0.800. The van der Waals surface area contributed by atoms with Gasteiger partial charge in [-0.1, -0.05) is 0 Å². The van der Waals surface area contributed by atoms with E-state index in [1.54, 1.807) is 20.8 Å². The second kappa shape index (κ2) is 4.28. The van der Waals surface area contributed by atoms with Gasteiger partial charge in [-0.2, -0.15) is 0 Å². The maximum absolute atomic E-state index is 11.6. The zero-order valence-corrected chi connectivity index (χ0v) is 7.36. The molecule has 0 spiro atoms. The van der Waals surface area contributed by atoms with Gasteiger partial charge in [-0.3, -0.25) is 8.63 Å². The van der Waals surface area contributed by atoms with Crippen molar-refractivity contribution >= 4 is 13.4 Å². The van der Waals surface area contributed by atoms with Crippen LogP contribution >= 0.6 is 0 Å². The standard InChI is InChI=1S/C6H12BF2NO2/c1-6(2,3)12-5(11)10-4-7(8)9/h4H2,1-3H3,(H,10,11). The van der Waals surface area contributed by atoms with Crippen molar-refractivity contribution < 1.29 is 18.2 Å². The monoisotopic (exact) mass is 179 g/mol. The highest BCUT2D eigenvalue weighted by Gasteiger charge is 2.18. The fourth-order valence-electron chi connectivity index (χ4n) is 0.475. The van der Waals surface area contributed by atoms with Crippen LogP contribution in [0.5, 0.6) is 0 Å². The molecule has 3 nitrogen and oxygen atoms in total. The molecule has 0 heterocycles. The summed E-state index contributed by atoms with van der Waals surface area (Å²) in [6.07, 6.45) is -1.49. The summed E-state index contributed by atoms with van der Waals surface area (Å²) >= 11 is 0. The number of amides is 1. The molecule has 1 amide bonds. The zero-order valence-electron chi connectivity index (χ0n) is 7.36. The van der Waals surface area contributed by atoms with Crippen LogP contribution in [0.25, 0.3) is 0 Å². The number of carbonyl (C=O) groups is 1. The lowest BCUT2D eigenvalue weighted by Crippen LogP contribution is -2.36. The van der Waals surface area contributed by atoms with Crippen molar-refractivity contribution in [2.45, 2.75) is 26.4 Å². The van der Waals surface area contributed by atoms with E-state index in [-0.39, 0.29) is 0 Å². The van der Waals surface area contributed by atoms with Gasteiger partial charge in [-0.05, 0) is 20.8 Å². The molecular weight excluding hydrogens is 167 g/mol. The molecule has 0 saturated carbocycles. The quantitative estimate of drug-likeness (QED) is 0.651. The molecule has 0 saturated heterocycles. The van der Waals surface area contributed by atoms with Gasteiger partial charge in [0.05, 0.1) is 6.44 Å². The minimum Gasteiger partial charge on any atom is -0.444 e. The summed E-state index contributed by atoms with van der Waals surface area (Å²) in [5.74, 6) is 0. The molecular formula is C6H12BF2NO2. The number of carbonyl (C=O) groups excluding carboxylic acids is 1. The van der Waals surface area contributed by atoms with Gasteiger partial charge >= 0.3 is 13.4 Å². The molecule has 0 aliphatic rings. The molecule has 0 atom stereocenters. The highest BCUT2D eigenvalue weighted by molar-refractivity contribution is 6.43. The highest BCUT2D eigenvalue weighted by Crippen LogP contribution is 2.06. The number of nitrogens with one attached hydrogen (secondary N) is 1. The molecule has 0 aromatic heterocycles. The first kappa shape index (κ1) is 11.2. The second-order valence-electron chi connectivity index (χ2n) is 3.27. The Morgan fingerprint density at radius 2 is 2.00 bits per heavy atom. The number of alkyl carbamates (subject to hydrolysis) is 1. The van der Waals surface area contributed by atoms with Crippen molar-refractivity contribution in [1.29, 1.82) is 0 Å². The molecule has 0 unspecified atom stereocenters. The Kier molecular flexibility index (Phi) is 3.99. The van der Waals surface area contributed by atoms with Gasteiger partial charge in [0, 0.05) is 0 Å². The van der Waals surface area contributed by atoms with E-state index >= 15 is 0 Å². The van der Waals surface area contributed by atoms with Gasteiger partial charge in [0.1, 0.15) is 5.60 Å². The minimum atomic E-state index is -2.54. The molecule has 12 heavy (non-hydrogen) atoms. The van der Waals surface area contributed by atoms with Crippen molar-refractivity contribution in [3.8, 4) is 0 Å². The van der Waals surface area contributed by atoms with Gasteiger partial charge in [0.25, 0.3) is 0 Å². The molecule has 0 aliphatic carbocycles. The fraction of sp³-hybridized carbons (Fsp3) is 0.833. The van der Waals surface area contributed by atoms with Crippen LogP contribution in [0.15, 0.2) is 0 Å². The SMILES string of the molecule is CC(C)(C)OC(=O)NCB(F)F. The van der Waals surface area contributed by atoms with Gasteiger partial charge < -0.3 is 10.1 Å². The van der Waals surface area contributed by atoms with Gasteiger partial charge in [0.2, 0.25) is 0 Å². The van der Waals surface area contributed by atoms with E-state index in [2.05, 4.69) is 0 Å². The van der Waals surface area contributed by atoms with Crippen molar-refractivity contribution in [3.05, 3.63) is 0 Å². The Hall–Kier alpha value is -0.805. The molecule has 0 aromatic rings. The third-order valence-corrected chi connectivity index (χ3v) is 0.800. The van der Waals surface area contributed by atoms with E-state index in [4.69, 9.17) is 4.74 Å². The predicted molar refractivity (Wildman–Crippen MR) is 42.2 cm³/mol. The van der Waals surface area contributed by atoms with Crippen LogP contribution in [0, 0.1) is 0 Å². The third kappa shape index (κ3) is 7.30. The van der Waals surface area contributed by atoms with Crippen LogP contribution in [0.1, 0.15) is 20.8 Å².